The SMILES string of the molecule is CN=C(C=C(NC(=O)c1cnn2cccnc12)Nc1ccc(C)cc1)c1cnn(CCS(C)(=O)=O)c1. The molecule has 186 valence electrons. The van der Waals surface area contributed by atoms with Gasteiger partial charge in [-0.25, -0.2) is 17.9 Å². The van der Waals surface area contributed by atoms with E-state index in [1.807, 2.05) is 31.2 Å². The Morgan fingerprint density at radius 1 is 1.17 bits per heavy atom. The Labute approximate surface area is 208 Å². The third-order valence-corrected chi connectivity index (χ3v) is 6.17. The van der Waals surface area contributed by atoms with Crippen LogP contribution in [0, 0.1) is 6.92 Å². The van der Waals surface area contributed by atoms with Crippen molar-refractivity contribution in [2.24, 2.45) is 4.99 Å². The van der Waals surface area contributed by atoms with Crippen molar-refractivity contribution in [2.45, 2.75) is 13.5 Å². The quantitative estimate of drug-likeness (QED) is 0.332. The number of aryl methyl sites for hydroxylation is 2. The lowest BCUT2D eigenvalue weighted by molar-refractivity contribution is 0.0968. The van der Waals surface area contributed by atoms with Gasteiger partial charge in [0.05, 0.1) is 30.4 Å². The monoisotopic (exact) mass is 506 g/mol. The zero-order valence-electron chi connectivity index (χ0n) is 20.1. The van der Waals surface area contributed by atoms with Gasteiger partial charge in [0.2, 0.25) is 0 Å². The molecule has 36 heavy (non-hydrogen) atoms. The van der Waals surface area contributed by atoms with Gasteiger partial charge in [-0.05, 0) is 25.1 Å². The predicted octanol–water partition coefficient (Wildman–Crippen LogP) is 2.08. The molecule has 0 aliphatic rings. The van der Waals surface area contributed by atoms with Gasteiger partial charge in [-0.1, -0.05) is 17.7 Å². The lowest BCUT2D eigenvalue weighted by Gasteiger charge is -2.13. The minimum Gasteiger partial charge on any atom is -0.342 e. The molecule has 0 saturated heterocycles. The number of fused-ring (bicyclic) bond motifs is 1. The minimum absolute atomic E-state index is 0.0213. The van der Waals surface area contributed by atoms with Crippen LogP contribution in [-0.4, -0.2) is 63.5 Å². The number of hydrogen-bond acceptors (Lipinski definition) is 8. The summed E-state index contributed by atoms with van der Waals surface area (Å²) in [4.78, 5) is 21.8. The summed E-state index contributed by atoms with van der Waals surface area (Å²) in [5, 5.41) is 14.5. The van der Waals surface area contributed by atoms with Gasteiger partial charge in [0.1, 0.15) is 21.2 Å². The maximum atomic E-state index is 13.2. The Balaban J connectivity index is 1.63. The molecular formula is C24H26N8O3S. The summed E-state index contributed by atoms with van der Waals surface area (Å²) < 4.78 is 26.1. The van der Waals surface area contributed by atoms with E-state index in [1.54, 1.807) is 48.7 Å². The number of anilines is 1. The number of aliphatic imine (C=N–C) groups is 1. The van der Waals surface area contributed by atoms with Crippen molar-refractivity contribution in [1.29, 1.82) is 0 Å². The van der Waals surface area contributed by atoms with E-state index in [1.165, 1.54) is 17.0 Å². The lowest BCUT2D eigenvalue weighted by Crippen LogP contribution is -2.28. The molecule has 0 atom stereocenters. The normalized spacial score (nSPS) is 12.6. The van der Waals surface area contributed by atoms with E-state index in [0.717, 1.165) is 11.3 Å². The standard InChI is InChI=1S/C24H26N8O3S/c1-17-5-7-19(8-6-17)29-22(30-24(33)20-15-28-32-10-4-9-26-23(20)32)13-21(25-2)18-14-27-31(16-18)11-12-36(3,34)35/h4-10,13-16,29H,11-12H2,1-3H3,(H,30,33). The van der Waals surface area contributed by atoms with Gasteiger partial charge in [-0.15, -0.1) is 0 Å². The van der Waals surface area contributed by atoms with Crippen molar-refractivity contribution in [3.05, 3.63) is 89.9 Å². The molecule has 0 radical (unpaired) electrons. The predicted molar refractivity (Wildman–Crippen MR) is 138 cm³/mol. The molecule has 1 aromatic carbocycles. The second kappa shape index (κ2) is 10.5. The van der Waals surface area contributed by atoms with E-state index >= 15 is 0 Å². The fourth-order valence-electron chi connectivity index (χ4n) is 3.36. The third kappa shape index (κ3) is 6.21. The molecule has 2 N–H and O–H groups in total. The number of sulfone groups is 1. The molecule has 0 saturated carbocycles. The fourth-order valence-corrected chi connectivity index (χ4v) is 3.88. The number of hydrogen-bond donors (Lipinski definition) is 2. The molecular weight excluding hydrogens is 480 g/mol. The molecule has 0 bridgehead atoms. The Kier molecular flexibility index (Phi) is 7.25. The number of amides is 1. The van der Waals surface area contributed by atoms with Crippen molar-refractivity contribution in [3.63, 3.8) is 0 Å². The Hall–Kier alpha value is -4.32. The van der Waals surface area contributed by atoms with Gasteiger partial charge < -0.3 is 10.6 Å². The van der Waals surface area contributed by atoms with Gasteiger partial charge in [0.15, 0.2) is 5.65 Å². The number of rotatable bonds is 9. The number of benzene rings is 1. The molecule has 0 aliphatic carbocycles. The topological polar surface area (TPSA) is 136 Å². The van der Waals surface area contributed by atoms with Crippen LogP contribution in [0.4, 0.5) is 5.69 Å². The number of aromatic nitrogens is 5. The molecule has 1 amide bonds. The average molecular weight is 507 g/mol. The number of nitrogens with zero attached hydrogens (tertiary/aromatic N) is 6. The molecule has 0 spiro atoms. The van der Waals surface area contributed by atoms with E-state index < -0.39 is 15.7 Å². The van der Waals surface area contributed by atoms with Crippen molar-refractivity contribution in [1.82, 2.24) is 29.7 Å². The van der Waals surface area contributed by atoms with E-state index in [4.69, 9.17) is 0 Å². The van der Waals surface area contributed by atoms with E-state index in [-0.39, 0.29) is 12.3 Å². The first-order chi connectivity index (χ1) is 17.2. The highest BCUT2D eigenvalue weighted by Gasteiger charge is 2.16. The van der Waals surface area contributed by atoms with Gasteiger partial charge in [0, 0.05) is 49.2 Å². The summed E-state index contributed by atoms with van der Waals surface area (Å²) in [7, 11) is -1.49. The van der Waals surface area contributed by atoms with E-state index in [2.05, 4.69) is 30.8 Å². The Bertz CT molecular complexity index is 1550. The molecule has 0 aliphatic heterocycles. The first kappa shape index (κ1) is 24.8. The highest BCUT2D eigenvalue weighted by Crippen LogP contribution is 2.14. The number of nitrogens with one attached hydrogen (secondary N) is 2. The van der Waals surface area contributed by atoms with Gasteiger partial charge in [-0.3, -0.25) is 14.5 Å². The maximum Gasteiger partial charge on any atom is 0.262 e. The largest absolute Gasteiger partial charge is 0.342 e. The highest BCUT2D eigenvalue weighted by atomic mass is 32.2. The van der Waals surface area contributed by atoms with Crippen molar-refractivity contribution >= 4 is 32.8 Å². The van der Waals surface area contributed by atoms with Crippen LogP contribution < -0.4 is 10.6 Å². The maximum absolute atomic E-state index is 13.2. The van der Waals surface area contributed by atoms with Crippen LogP contribution in [0.25, 0.3) is 5.65 Å². The summed E-state index contributed by atoms with van der Waals surface area (Å²) in [5.74, 6) is -0.0375. The molecule has 4 aromatic rings. The zero-order valence-corrected chi connectivity index (χ0v) is 20.9. The molecule has 3 heterocycles. The first-order valence-corrected chi connectivity index (χ1v) is 13.1. The number of carbonyl (C=O) groups is 1. The molecule has 0 fully saturated rings. The number of allylic oxidation sites excluding steroid dienone is 1. The summed E-state index contributed by atoms with van der Waals surface area (Å²) in [5.41, 5.74) is 3.82. The number of carbonyl (C=O) groups excluding carboxylic acids is 1. The third-order valence-electron chi connectivity index (χ3n) is 5.24. The van der Waals surface area contributed by atoms with Crippen LogP contribution in [0.5, 0.6) is 0 Å². The highest BCUT2D eigenvalue weighted by molar-refractivity contribution is 7.90. The van der Waals surface area contributed by atoms with Crippen LogP contribution in [0.15, 0.2) is 78.2 Å². The minimum atomic E-state index is -3.12. The van der Waals surface area contributed by atoms with Crippen LogP contribution in [-0.2, 0) is 16.4 Å². The van der Waals surface area contributed by atoms with Crippen molar-refractivity contribution in [3.8, 4) is 0 Å². The molecule has 0 unspecified atom stereocenters. The van der Waals surface area contributed by atoms with Gasteiger partial charge in [-0.2, -0.15) is 10.2 Å². The molecule has 3 aromatic heterocycles. The van der Waals surface area contributed by atoms with Gasteiger partial charge in [0.25, 0.3) is 5.91 Å². The summed E-state index contributed by atoms with van der Waals surface area (Å²) >= 11 is 0. The summed E-state index contributed by atoms with van der Waals surface area (Å²) in [6, 6.07) is 9.44. The van der Waals surface area contributed by atoms with Gasteiger partial charge >= 0.3 is 0 Å². The van der Waals surface area contributed by atoms with Crippen LogP contribution in [0.1, 0.15) is 21.5 Å². The molecule has 12 heteroatoms. The average Bonchev–Trinajstić information content (AvgIpc) is 3.49. The molecule has 4 rings (SSSR count). The first-order valence-electron chi connectivity index (χ1n) is 11.0. The zero-order chi connectivity index (χ0) is 25.7. The lowest BCUT2D eigenvalue weighted by atomic mass is 10.2. The van der Waals surface area contributed by atoms with E-state index in [0.29, 0.717) is 28.3 Å². The Morgan fingerprint density at radius 3 is 2.67 bits per heavy atom. The van der Waals surface area contributed by atoms with E-state index in [9.17, 15) is 13.2 Å². The van der Waals surface area contributed by atoms with Crippen LogP contribution in [0.3, 0.4) is 0 Å². The van der Waals surface area contributed by atoms with Crippen LogP contribution in [0.2, 0.25) is 0 Å². The smallest absolute Gasteiger partial charge is 0.262 e. The summed E-state index contributed by atoms with van der Waals surface area (Å²) in [6.07, 6.45) is 11.0. The second-order valence-electron chi connectivity index (χ2n) is 8.18. The Morgan fingerprint density at radius 2 is 1.94 bits per heavy atom. The molecule has 11 nitrogen and oxygen atoms in total. The fraction of sp³-hybridized carbons (Fsp3) is 0.208. The second-order valence-corrected chi connectivity index (χ2v) is 10.4. The summed E-state index contributed by atoms with van der Waals surface area (Å²) in [6.45, 7) is 2.22. The van der Waals surface area contributed by atoms with Crippen molar-refractivity contribution in [2.75, 3.05) is 24.4 Å². The van der Waals surface area contributed by atoms with Crippen LogP contribution >= 0.6 is 0 Å². The van der Waals surface area contributed by atoms with Crippen molar-refractivity contribution < 1.29 is 13.2 Å².